The second kappa shape index (κ2) is 4.61. The minimum absolute atomic E-state index is 0.326. The molecule has 0 aliphatic carbocycles. The van der Waals surface area contributed by atoms with E-state index in [2.05, 4.69) is 16.9 Å². The molecular weight excluding hydrogens is 244 g/mol. The van der Waals surface area contributed by atoms with Crippen molar-refractivity contribution in [2.75, 3.05) is 0 Å². The number of hydrogen-bond donors (Lipinski definition) is 1. The molecule has 0 radical (unpaired) electrons. The first kappa shape index (κ1) is 11.5. The Morgan fingerprint density at radius 3 is 2.79 bits per heavy atom. The van der Waals surface area contributed by atoms with Crippen LogP contribution in [0.15, 0.2) is 45.7 Å². The molecule has 19 heavy (non-hydrogen) atoms. The first-order chi connectivity index (χ1) is 9.26. The lowest BCUT2D eigenvalue weighted by molar-refractivity contribution is 0.465. The minimum atomic E-state index is -0.542. The standard InChI is InChI=1S/C14H12N2O3/c1-2-9-3-5-10(6-4-9)18-11-7-8-15-13-12(11)19-14(17)16-13/h3-8H,2H2,1H3,(H,15,16,17). The minimum Gasteiger partial charge on any atom is -0.453 e. The van der Waals surface area contributed by atoms with Crippen LogP contribution in [0.5, 0.6) is 11.5 Å². The van der Waals surface area contributed by atoms with Gasteiger partial charge in [0.2, 0.25) is 5.58 Å². The number of aromatic amines is 1. The number of H-pyrrole nitrogens is 1. The second-order valence-corrected chi connectivity index (χ2v) is 4.10. The van der Waals surface area contributed by atoms with Crippen molar-refractivity contribution in [3.63, 3.8) is 0 Å². The van der Waals surface area contributed by atoms with Gasteiger partial charge in [0.05, 0.1) is 0 Å². The zero-order valence-corrected chi connectivity index (χ0v) is 10.3. The summed E-state index contributed by atoms with van der Waals surface area (Å²) in [4.78, 5) is 17.7. The molecule has 0 spiro atoms. The quantitative estimate of drug-likeness (QED) is 0.782. The van der Waals surface area contributed by atoms with Gasteiger partial charge in [0.1, 0.15) is 5.75 Å². The van der Waals surface area contributed by atoms with Gasteiger partial charge in [-0.2, -0.15) is 0 Å². The van der Waals surface area contributed by atoms with Crippen LogP contribution in [0, 0.1) is 0 Å². The molecule has 0 amide bonds. The Balaban J connectivity index is 1.98. The molecule has 1 N–H and O–H groups in total. The number of hydrogen-bond acceptors (Lipinski definition) is 4. The lowest BCUT2D eigenvalue weighted by atomic mass is 10.2. The lowest BCUT2D eigenvalue weighted by Gasteiger charge is -2.05. The summed E-state index contributed by atoms with van der Waals surface area (Å²) in [7, 11) is 0. The summed E-state index contributed by atoms with van der Waals surface area (Å²) in [6.07, 6.45) is 2.54. The number of benzene rings is 1. The number of pyridine rings is 1. The summed E-state index contributed by atoms with van der Waals surface area (Å²) in [6, 6.07) is 9.43. The van der Waals surface area contributed by atoms with Crippen LogP contribution in [0.2, 0.25) is 0 Å². The van der Waals surface area contributed by atoms with Crippen molar-refractivity contribution in [1.29, 1.82) is 0 Å². The summed E-state index contributed by atoms with van der Waals surface area (Å²) in [5.41, 5.74) is 1.94. The van der Waals surface area contributed by atoms with Crippen molar-refractivity contribution in [2.45, 2.75) is 13.3 Å². The van der Waals surface area contributed by atoms with E-state index in [1.807, 2.05) is 24.3 Å². The number of aryl methyl sites for hydroxylation is 1. The van der Waals surface area contributed by atoms with Gasteiger partial charge in [-0.05, 0) is 24.1 Å². The highest BCUT2D eigenvalue weighted by Gasteiger charge is 2.09. The van der Waals surface area contributed by atoms with Crippen LogP contribution < -0.4 is 10.5 Å². The molecule has 0 bridgehead atoms. The van der Waals surface area contributed by atoms with Gasteiger partial charge >= 0.3 is 5.76 Å². The number of aromatic nitrogens is 2. The monoisotopic (exact) mass is 256 g/mol. The largest absolute Gasteiger partial charge is 0.453 e. The van der Waals surface area contributed by atoms with Gasteiger partial charge in [-0.25, -0.2) is 9.78 Å². The average molecular weight is 256 g/mol. The van der Waals surface area contributed by atoms with Crippen molar-refractivity contribution < 1.29 is 9.15 Å². The van der Waals surface area contributed by atoms with Crippen LogP contribution in [0.1, 0.15) is 12.5 Å². The molecule has 0 saturated heterocycles. The van der Waals surface area contributed by atoms with Crippen LogP contribution in [0.4, 0.5) is 0 Å². The van der Waals surface area contributed by atoms with Crippen LogP contribution >= 0.6 is 0 Å². The van der Waals surface area contributed by atoms with Crippen molar-refractivity contribution >= 4 is 11.2 Å². The van der Waals surface area contributed by atoms with E-state index in [4.69, 9.17) is 9.15 Å². The Morgan fingerprint density at radius 2 is 2.05 bits per heavy atom. The van der Waals surface area contributed by atoms with Gasteiger partial charge < -0.3 is 9.15 Å². The van der Waals surface area contributed by atoms with E-state index in [9.17, 15) is 4.79 Å². The van der Waals surface area contributed by atoms with E-state index < -0.39 is 5.76 Å². The lowest BCUT2D eigenvalue weighted by Crippen LogP contribution is -1.93. The second-order valence-electron chi connectivity index (χ2n) is 4.10. The molecule has 0 aliphatic heterocycles. The van der Waals surface area contributed by atoms with Gasteiger partial charge in [0.15, 0.2) is 11.4 Å². The summed E-state index contributed by atoms with van der Waals surface area (Å²) < 4.78 is 10.7. The normalized spacial score (nSPS) is 10.8. The predicted molar refractivity (Wildman–Crippen MR) is 70.5 cm³/mol. The van der Waals surface area contributed by atoms with Gasteiger partial charge in [-0.15, -0.1) is 0 Å². The maximum Gasteiger partial charge on any atom is 0.418 e. The molecule has 1 aromatic carbocycles. The highest BCUT2D eigenvalue weighted by molar-refractivity contribution is 5.75. The fourth-order valence-corrected chi connectivity index (χ4v) is 1.83. The van der Waals surface area contributed by atoms with Crippen LogP contribution in [0.25, 0.3) is 11.2 Å². The number of ether oxygens (including phenoxy) is 1. The molecule has 0 unspecified atom stereocenters. The SMILES string of the molecule is CCc1ccc(Oc2ccnc3[nH]c(=O)oc23)cc1. The molecule has 5 heteroatoms. The van der Waals surface area contributed by atoms with E-state index in [0.717, 1.165) is 6.42 Å². The third-order valence-corrected chi connectivity index (χ3v) is 2.84. The number of nitrogens with zero attached hydrogens (tertiary/aromatic N) is 1. The number of fused-ring (bicyclic) bond motifs is 1. The van der Waals surface area contributed by atoms with Crippen molar-refractivity contribution in [3.8, 4) is 11.5 Å². The maximum absolute atomic E-state index is 11.2. The molecule has 2 heterocycles. The van der Waals surface area contributed by atoms with Gasteiger partial charge in [-0.1, -0.05) is 19.1 Å². The Hall–Kier alpha value is -2.56. The zero-order valence-electron chi connectivity index (χ0n) is 10.3. The van der Waals surface area contributed by atoms with Crippen LogP contribution in [-0.4, -0.2) is 9.97 Å². The fraction of sp³-hybridized carbons (Fsp3) is 0.143. The molecular formula is C14H12N2O3. The number of nitrogens with one attached hydrogen (secondary N) is 1. The summed E-state index contributed by atoms with van der Waals surface area (Å²) in [5.74, 6) is 0.612. The Morgan fingerprint density at radius 1 is 1.26 bits per heavy atom. The third-order valence-electron chi connectivity index (χ3n) is 2.84. The fourth-order valence-electron chi connectivity index (χ4n) is 1.83. The van der Waals surface area contributed by atoms with Crippen molar-refractivity contribution in [1.82, 2.24) is 9.97 Å². The van der Waals surface area contributed by atoms with Crippen LogP contribution in [-0.2, 0) is 6.42 Å². The summed E-state index contributed by atoms with van der Waals surface area (Å²) in [6.45, 7) is 2.09. The molecule has 0 saturated carbocycles. The van der Waals surface area contributed by atoms with Gasteiger partial charge in [-0.3, -0.25) is 4.98 Å². The smallest absolute Gasteiger partial charge is 0.418 e. The number of oxazole rings is 1. The molecule has 5 nitrogen and oxygen atoms in total. The molecule has 0 fully saturated rings. The highest BCUT2D eigenvalue weighted by Crippen LogP contribution is 2.27. The highest BCUT2D eigenvalue weighted by atomic mass is 16.5. The van der Waals surface area contributed by atoms with Crippen LogP contribution in [0.3, 0.4) is 0 Å². The van der Waals surface area contributed by atoms with Gasteiger partial charge in [0.25, 0.3) is 0 Å². The Bertz CT molecular complexity index is 756. The first-order valence-electron chi connectivity index (χ1n) is 6.01. The van der Waals surface area contributed by atoms with Crippen molar-refractivity contribution in [3.05, 3.63) is 52.6 Å². The molecule has 2 aromatic heterocycles. The van der Waals surface area contributed by atoms with E-state index in [-0.39, 0.29) is 0 Å². The Kier molecular flexibility index (Phi) is 2.79. The molecule has 96 valence electrons. The maximum atomic E-state index is 11.2. The summed E-state index contributed by atoms with van der Waals surface area (Å²) in [5, 5.41) is 0. The number of rotatable bonds is 3. The average Bonchev–Trinajstić information content (AvgIpc) is 2.81. The Labute approximate surface area is 108 Å². The molecule has 3 aromatic rings. The van der Waals surface area contributed by atoms with E-state index in [0.29, 0.717) is 22.7 Å². The molecule has 0 atom stereocenters. The van der Waals surface area contributed by atoms with Crippen molar-refractivity contribution in [2.24, 2.45) is 0 Å². The van der Waals surface area contributed by atoms with E-state index in [1.165, 1.54) is 5.56 Å². The van der Waals surface area contributed by atoms with Gasteiger partial charge in [0, 0.05) is 12.3 Å². The third kappa shape index (κ3) is 2.22. The topological polar surface area (TPSA) is 68.1 Å². The molecule has 0 aliphatic rings. The van der Waals surface area contributed by atoms with E-state index in [1.54, 1.807) is 12.3 Å². The molecule has 3 rings (SSSR count). The van der Waals surface area contributed by atoms with E-state index >= 15 is 0 Å². The summed E-state index contributed by atoms with van der Waals surface area (Å²) >= 11 is 0. The first-order valence-corrected chi connectivity index (χ1v) is 6.01. The predicted octanol–water partition coefficient (Wildman–Crippen LogP) is 2.87. The zero-order chi connectivity index (χ0) is 13.2.